The molecule has 82 valence electrons. The predicted molar refractivity (Wildman–Crippen MR) is 61.7 cm³/mol. The molecule has 0 aliphatic carbocycles. The lowest BCUT2D eigenvalue weighted by Crippen LogP contribution is -2.45. The number of rotatable bonds is 1. The van der Waals surface area contributed by atoms with E-state index < -0.39 is 5.60 Å². The third-order valence-corrected chi connectivity index (χ3v) is 3.57. The van der Waals surface area contributed by atoms with E-state index in [-0.39, 0.29) is 0 Å². The number of hydrogen-bond donors (Lipinski definition) is 1. The highest BCUT2D eigenvalue weighted by molar-refractivity contribution is 5.23. The number of aliphatic hydroxyl groups is 1. The smallest absolute Gasteiger partial charge is 0.0923 e. The van der Waals surface area contributed by atoms with Crippen molar-refractivity contribution in [3.05, 3.63) is 35.9 Å². The summed E-state index contributed by atoms with van der Waals surface area (Å²) in [4.78, 5) is 2.30. The topological polar surface area (TPSA) is 23.5 Å². The van der Waals surface area contributed by atoms with Gasteiger partial charge in [-0.05, 0) is 32.4 Å². The average molecular weight is 205 g/mol. The molecule has 0 unspecified atom stereocenters. The summed E-state index contributed by atoms with van der Waals surface area (Å²) in [5.74, 6) is 0. The Morgan fingerprint density at radius 2 is 2.00 bits per heavy atom. The Bertz CT molecular complexity index is 325. The lowest BCUT2D eigenvalue weighted by atomic mass is 9.81. The highest BCUT2D eigenvalue weighted by atomic mass is 16.3. The third kappa shape index (κ3) is 2.06. The van der Waals surface area contributed by atoms with Crippen LogP contribution in [0.15, 0.2) is 30.3 Å². The van der Waals surface area contributed by atoms with E-state index in [0.717, 1.165) is 24.9 Å². The molecule has 1 aliphatic heterocycles. The Balaban J connectivity index is 2.21. The van der Waals surface area contributed by atoms with Crippen molar-refractivity contribution >= 4 is 0 Å². The molecule has 0 amide bonds. The molecule has 1 fully saturated rings. The minimum Gasteiger partial charge on any atom is -0.385 e. The minimum absolute atomic E-state index is 0.448. The molecule has 1 aliphatic rings. The van der Waals surface area contributed by atoms with Gasteiger partial charge in [-0.15, -0.1) is 0 Å². The second-order valence-electron chi connectivity index (χ2n) is 4.68. The van der Waals surface area contributed by atoms with Gasteiger partial charge in [0, 0.05) is 12.6 Å². The summed E-state index contributed by atoms with van der Waals surface area (Å²) >= 11 is 0. The normalized spacial score (nSPS) is 32.9. The second kappa shape index (κ2) is 3.95. The van der Waals surface area contributed by atoms with Gasteiger partial charge in [0.05, 0.1) is 5.60 Å². The largest absolute Gasteiger partial charge is 0.385 e. The second-order valence-corrected chi connectivity index (χ2v) is 4.68. The van der Waals surface area contributed by atoms with Gasteiger partial charge in [-0.1, -0.05) is 30.3 Å². The van der Waals surface area contributed by atoms with Crippen molar-refractivity contribution in [2.75, 3.05) is 13.6 Å². The van der Waals surface area contributed by atoms with Gasteiger partial charge >= 0.3 is 0 Å². The highest BCUT2D eigenvalue weighted by Crippen LogP contribution is 2.34. The Labute approximate surface area is 91.5 Å². The molecule has 2 atom stereocenters. The summed E-state index contributed by atoms with van der Waals surface area (Å²) in [5.41, 5.74) is 0.442. The standard InChI is InChI=1S/C13H19NO/c1-11-10-13(15,8-9-14(11)2)12-6-4-3-5-7-12/h3-7,11,15H,8-10H2,1-2H3/t11-,13+/m1/s1. The molecular weight excluding hydrogens is 186 g/mol. The maximum Gasteiger partial charge on any atom is 0.0923 e. The van der Waals surface area contributed by atoms with Crippen molar-refractivity contribution in [1.29, 1.82) is 0 Å². The first-order chi connectivity index (χ1) is 7.12. The van der Waals surface area contributed by atoms with E-state index in [1.54, 1.807) is 0 Å². The van der Waals surface area contributed by atoms with Gasteiger partial charge in [-0.3, -0.25) is 0 Å². The number of hydrogen-bond acceptors (Lipinski definition) is 2. The van der Waals surface area contributed by atoms with Crippen LogP contribution >= 0.6 is 0 Å². The zero-order valence-corrected chi connectivity index (χ0v) is 9.48. The summed E-state index contributed by atoms with van der Waals surface area (Å²) in [6.45, 7) is 3.14. The molecule has 0 radical (unpaired) electrons. The van der Waals surface area contributed by atoms with Crippen LogP contribution in [0.4, 0.5) is 0 Å². The first-order valence-corrected chi connectivity index (χ1v) is 5.60. The zero-order chi connectivity index (χ0) is 10.9. The molecule has 0 bridgehead atoms. The maximum atomic E-state index is 10.6. The molecule has 1 aromatic rings. The molecule has 2 rings (SSSR count). The van der Waals surface area contributed by atoms with Crippen LogP contribution in [-0.2, 0) is 5.60 Å². The van der Waals surface area contributed by atoms with E-state index in [1.165, 1.54) is 0 Å². The van der Waals surface area contributed by atoms with Crippen LogP contribution in [0.2, 0.25) is 0 Å². The van der Waals surface area contributed by atoms with Crippen LogP contribution in [0, 0.1) is 0 Å². The molecule has 1 saturated heterocycles. The van der Waals surface area contributed by atoms with Crippen molar-refractivity contribution in [2.45, 2.75) is 31.4 Å². The van der Waals surface area contributed by atoms with Crippen molar-refractivity contribution < 1.29 is 5.11 Å². The van der Waals surface area contributed by atoms with Gasteiger partial charge in [0.2, 0.25) is 0 Å². The van der Waals surface area contributed by atoms with Gasteiger partial charge in [0.15, 0.2) is 0 Å². The Kier molecular flexibility index (Phi) is 2.81. The van der Waals surface area contributed by atoms with E-state index in [1.807, 2.05) is 30.3 Å². The van der Waals surface area contributed by atoms with Gasteiger partial charge < -0.3 is 10.0 Å². The molecule has 2 heteroatoms. The Morgan fingerprint density at radius 3 is 2.60 bits per heavy atom. The number of benzene rings is 1. The van der Waals surface area contributed by atoms with E-state index in [2.05, 4.69) is 18.9 Å². The predicted octanol–water partition coefficient (Wildman–Crippen LogP) is 1.99. The van der Waals surface area contributed by atoms with E-state index in [9.17, 15) is 5.11 Å². The molecule has 1 aromatic carbocycles. The van der Waals surface area contributed by atoms with Crippen molar-refractivity contribution in [1.82, 2.24) is 4.90 Å². The molecule has 0 saturated carbocycles. The fourth-order valence-corrected chi connectivity index (χ4v) is 2.34. The first kappa shape index (κ1) is 10.7. The van der Waals surface area contributed by atoms with E-state index in [4.69, 9.17) is 0 Å². The lowest BCUT2D eigenvalue weighted by Gasteiger charge is -2.41. The molecule has 1 N–H and O–H groups in total. The van der Waals surface area contributed by atoms with Crippen LogP contribution in [0.5, 0.6) is 0 Å². The monoisotopic (exact) mass is 205 g/mol. The zero-order valence-electron chi connectivity index (χ0n) is 9.48. The molecule has 0 spiro atoms. The number of likely N-dealkylation sites (tertiary alicyclic amines) is 1. The first-order valence-electron chi connectivity index (χ1n) is 5.60. The summed E-state index contributed by atoms with van der Waals surface area (Å²) in [5, 5.41) is 10.6. The number of piperidine rings is 1. The van der Waals surface area contributed by atoms with Crippen LogP contribution < -0.4 is 0 Å². The SMILES string of the molecule is C[C@@H]1C[C@](O)(c2ccccc2)CCN1C. The van der Waals surface area contributed by atoms with Gasteiger partial charge in [0.25, 0.3) is 0 Å². The quantitative estimate of drug-likeness (QED) is 0.758. The highest BCUT2D eigenvalue weighted by Gasteiger charge is 2.36. The molecular formula is C13H19NO. The number of nitrogens with zero attached hydrogens (tertiary/aromatic N) is 1. The van der Waals surface area contributed by atoms with Crippen LogP contribution in [0.1, 0.15) is 25.3 Å². The van der Waals surface area contributed by atoms with Crippen molar-refractivity contribution in [2.24, 2.45) is 0 Å². The summed E-state index contributed by atoms with van der Waals surface area (Å²) in [7, 11) is 2.12. The van der Waals surface area contributed by atoms with Gasteiger partial charge in [0.1, 0.15) is 0 Å². The summed E-state index contributed by atoms with van der Waals surface area (Å²) < 4.78 is 0. The van der Waals surface area contributed by atoms with E-state index >= 15 is 0 Å². The summed E-state index contributed by atoms with van der Waals surface area (Å²) in [6.07, 6.45) is 1.66. The molecule has 15 heavy (non-hydrogen) atoms. The average Bonchev–Trinajstić information content (AvgIpc) is 2.26. The van der Waals surface area contributed by atoms with Gasteiger partial charge in [-0.2, -0.15) is 0 Å². The molecule has 2 nitrogen and oxygen atoms in total. The van der Waals surface area contributed by atoms with E-state index in [0.29, 0.717) is 6.04 Å². The maximum absolute atomic E-state index is 10.6. The summed E-state index contributed by atoms with van der Waals surface area (Å²) in [6, 6.07) is 10.5. The van der Waals surface area contributed by atoms with Gasteiger partial charge in [-0.25, -0.2) is 0 Å². The minimum atomic E-state index is -0.618. The lowest BCUT2D eigenvalue weighted by molar-refractivity contribution is -0.0408. The molecule has 1 heterocycles. The molecule has 0 aromatic heterocycles. The fourth-order valence-electron chi connectivity index (χ4n) is 2.34. The fraction of sp³-hybridized carbons (Fsp3) is 0.538. The van der Waals surface area contributed by atoms with Crippen molar-refractivity contribution in [3.8, 4) is 0 Å². The van der Waals surface area contributed by atoms with Crippen LogP contribution in [-0.4, -0.2) is 29.6 Å². The van der Waals surface area contributed by atoms with Crippen molar-refractivity contribution in [3.63, 3.8) is 0 Å². The van der Waals surface area contributed by atoms with Crippen LogP contribution in [0.3, 0.4) is 0 Å². The third-order valence-electron chi connectivity index (χ3n) is 3.57. The van der Waals surface area contributed by atoms with Crippen LogP contribution in [0.25, 0.3) is 0 Å². The Morgan fingerprint density at radius 1 is 1.33 bits per heavy atom. The Hall–Kier alpha value is -0.860.